The molecule has 0 radical (unpaired) electrons. The lowest BCUT2D eigenvalue weighted by Crippen LogP contribution is -2.11. The van der Waals surface area contributed by atoms with Crippen LogP contribution in [0.2, 0.25) is 0 Å². The van der Waals surface area contributed by atoms with Gasteiger partial charge in [0.05, 0.1) is 12.1 Å². The van der Waals surface area contributed by atoms with E-state index in [1.807, 2.05) is 38.1 Å². The number of aryl methyl sites for hydroxylation is 3. The van der Waals surface area contributed by atoms with Crippen LogP contribution in [0.25, 0.3) is 5.57 Å². The zero-order valence-corrected chi connectivity index (χ0v) is 15.2. The molecule has 7 heteroatoms. The summed E-state index contributed by atoms with van der Waals surface area (Å²) in [5.74, 6) is 0.203. The van der Waals surface area contributed by atoms with Gasteiger partial charge in [0.15, 0.2) is 0 Å². The normalized spacial score (nSPS) is 12.8. The van der Waals surface area contributed by atoms with Gasteiger partial charge in [-0.05, 0) is 49.6 Å². The maximum atomic E-state index is 12.4. The fourth-order valence-corrected chi connectivity index (χ4v) is 2.67. The number of hydrogen-bond donors (Lipinski definition) is 0. The predicted octanol–water partition coefficient (Wildman–Crippen LogP) is 5.75. The average Bonchev–Trinajstić information content (AvgIpc) is 2.57. The van der Waals surface area contributed by atoms with Crippen LogP contribution < -0.4 is 0 Å². The molecule has 138 valence electrons. The highest BCUT2D eigenvalue weighted by Crippen LogP contribution is 2.29. The predicted molar refractivity (Wildman–Crippen MR) is 95.5 cm³/mol. The molecule has 0 saturated heterocycles. The third-order valence-corrected chi connectivity index (χ3v) is 3.96. The Kier molecular flexibility index (Phi) is 6.23. The van der Waals surface area contributed by atoms with Crippen molar-refractivity contribution in [3.05, 3.63) is 58.7 Å². The Morgan fingerprint density at radius 2 is 1.96 bits per heavy atom. The second-order valence-electron chi connectivity index (χ2n) is 5.90. The minimum absolute atomic E-state index is 0.203. The van der Waals surface area contributed by atoms with Crippen molar-refractivity contribution in [3.63, 3.8) is 0 Å². The molecule has 0 fully saturated rings. The molecule has 0 spiro atoms. The fourth-order valence-electron chi connectivity index (χ4n) is 2.67. The van der Waals surface area contributed by atoms with Crippen molar-refractivity contribution in [1.29, 1.82) is 0 Å². The first-order valence-electron chi connectivity index (χ1n) is 8.22. The number of benzene rings is 1. The molecule has 0 bridgehead atoms. The van der Waals surface area contributed by atoms with Gasteiger partial charge in [-0.25, -0.2) is 9.97 Å². The second kappa shape index (κ2) is 8.21. The molecule has 1 aromatic heterocycles. The van der Waals surface area contributed by atoms with Crippen LogP contribution in [0.3, 0.4) is 0 Å². The van der Waals surface area contributed by atoms with Crippen LogP contribution in [0.4, 0.5) is 18.9 Å². The van der Waals surface area contributed by atoms with Gasteiger partial charge >= 0.3 is 6.18 Å². The van der Waals surface area contributed by atoms with Gasteiger partial charge in [-0.2, -0.15) is 23.4 Å². The Hall–Kier alpha value is -2.57. The highest BCUT2D eigenvalue weighted by Gasteiger charge is 2.27. The molecule has 0 saturated carbocycles. The van der Waals surface area contributed by atoms with Gasteiger partial charge in [0.1, 0.15) is 5.82 Å². The first kappa shape index (κ1) is 19.8. The average molecular weight is 362 g/mol. The molecule has 1 aromatic carbocycles. The number of azo groups is 1. The van der Waals surface area contributed by atoms with Crippen LogP contribution in [-0.2, 0) is 6.42 Å². The van der Waals surface area contributed by atoms with E-state index in [1.165, 1.54) is 0 Å². The summed E-state index contributed by atoms with van der Waals surface area (Å²) in [6.07, 6.45) is -1.81. The lowest BCUT2D eigenvalue weighted by atomic mass is 9.96. The number of allylic oxidation sites excluding steroid dienone is 1. The van der Waals surface area contributed by atoms with Crippen LogP contribution in [0.5, 0.6) is 0 Å². The van der Waals surface area contributed by atoms with Crippen LogP contribution in [-0.4, -0.2) is 23.2 Å². The molecule has 1 heterocycles. The molecular formula is C19H21F3N4. The molecule has 0 N–H and O–H groups in total. The molecule has 2 aromatic rings. The van der Waals surface area contributed by atoms with Crippen molar-refractivity contribution in [3.8, 4) is 0 Å². The summed E-state index contributed by atoms with van der Waals surface area (Å²) in [4.78, 5) is 8.38. The molecule has 0 unspecified atom stereocenters. The minimum atomic E-state index is -4.21. The topological polar surface area (TPSA) is 50.5 Å². The molecular weight excluding hydrogens is 341 g/mol. The molecule has 0 atom stereocenters. The van der Waals surface area contributed by atoms with Gasteiger partial charge in [-0.3, -0.25) is 0 Å². The Balaban J connectivity index is 2.32. The smallest absolute Gasteiger partial charge is 0.241 e. The van der Waals surface area contributed by atoms with Crippen LogP contribution >= 0.6 is 0 Å². The van der Waals surface area contributed by atoms with Gasteiger partial charge in [0.2, 0.25) is 0 Å². The summed E-state index contributed by atoms with van der Waals surface area (Å²) >= 11 is 0. The van der Waals surface area contributed by atoms with E-state index in [-0.39, 0.29) is 12.2 Å². The molecule has 4 nitrogen and oxygen atoms in total. The van der Waals surface area contributed by atoms with Crippen LogP contribution in [0.1, 0.15) is 41.6 Å². The molecule has 26 heavy (non-hydrogen) atoms. The van der Waals surface area contributed by atoms with E-state index in [9.17, 15) is 13.2 Å². The third kappa shape index (κ3) is 4.97. The maximum Gasteiger partial charge on any atom is 0.389 e. The third-order valence-electron chi connectivity index (χ3n) is 3.96. The van der Waals surface area contributed by atoms with Gasteiger partial charge in [-0.1, -0.05) is 12.1 Å². The summed E-state index contributed by atoms with van der Waals surface area (Å²) in [5, 5.41) is 7.85. The van der Waals surface area contributed by atoms with E-state index in [0.29, 0.717) is 5.69 Å². The Morgan fingerprint density at radius 1 is 1.23 bits per heavy atom. The summed E-state index contributed by atoms with van der Waals surface area (Å²) < 4.78 is 37.1. The molecule has 0 amide bonds. The number of nitrogens with zero attached hydrogens (tertiary/aromatic N) is 4. The monoisotopic (exact) mass is 362 g/mol. The molecule has 0 aliphatic carbocycles. The highest BCUT2D eigenvalue weighted by molar-refractivity contribution is 5.81. The summed E-state index contributed by atoms with van der Waals surface area (Å²) in [7, 11) is 1.62. The molecule has 2 rings (SSSR count). The van der Waals surface area contributed by atoms with Crippen molar-refractivity contribution in [1.82, 2.24) is 9.97 Å². The quantitative estimate of drug-likeness (QED) is 0.636. The van der Waals surface area contributed by atoms with Crippen molar-refractivity contribution >= 4 is 11.3 Å². The lowest BCUT2D eigenvalue weighted by molar-refractivity contribution is -0.134. The number of rotatable bonds is 5. The number of alkyl halides is 3. The fraction of sp³-hybridized carbons (Fsp3) is 0.368. The van der Waals surface area contributed by atoms with Gasteiger partial charge in [0, 0.05) is 30.9 Å². The zero-order chi connectivity index (χ0) is 19.3. The van der Waals surface area contributed by atoms with Gasteiger partial charge in [0.25, 0.3) is 0 Å². The number of aromatic nitrogens is 2. The van der Waals surface area contributed by atoms with Crippen molar-refractivity contribution in [2.24, 2.45) is 10.2 Å². The Labute approximate surface area is 150 Å². The van der Waals surface area contributed by atoms with Crippen molar-refractivity contribution < 1.29 is 13.2 Å². The first-order chi connectivity index (χ1) is 12.2. The zero-order valence-electron chi connectivity index (χ0n) is 15.2. The second-order valence-corrected chi connectivity index (χ2v) is 5.90. The van der Waals surface area contributed by atoms with Gasteiger partial charge in [-0.15, -0.1) is 0 Å². The standard InChI is InChI=1S/C19H21F3N4/c1-5-15(14-6-7-17(26-23-4)12(2)10-14)16-11-24-18(25-13(16)3)8-9-19(20,21)22/h5-7,10-11H,8-9H2,1-4H3/b15-5-,26-23?. The van der Waals surface area contributed by atoms with E-state index in [2.05, 4.69) is 20.2 Å². The van der Waals surface area contributed by atoms with E-state index in [1.54, 1.807) is 20.2 Å². The Morgan fingerprint density at radius 3 is 2.50 bits per heavy atom. The number of hydrogen-bond acceptors (Lipinski definition) is 4. The number of halogens is 3. The van der Waals surface area contributed by atoms with Crippen LogP contribution in [0.15, 0.2) is 40.7 Å². The summed E-state index contributed by atoms with van der Waals surface area (Å²) in [6.45, 7) is 5.63. The summed E-state index contributed by atoms with van der Waals surface area (Å²) in [6, 6.07) is 5.81. The van der Waals surface area contributed by atoms with Gasteiger partial charge < -0.3 is 0 Å². The van der Waals surface area contributed by atoms with Crippen molar-refractivity contribution in [2.75, 3.05) is 7.05 Å². The Bertz CT molecular complexity index is 839. The summed E-state index contributed by atoms with van der Waals surface area (Å²) in [5.41, 5.74) is 5.12. The van der Waals surface area contributed by atoms with E-state index >= 15 is 0 Å². The highest BCUT2D eigenvalue weighted by atomic mass is 19.4. The van der Waals surface area contributed by atoms with Crippen molar-refractivity contribution in [2.45, 2.75) is 39.8 Å². The largest absolute Gasteiger partial charge is 0.389 e. The maximum absolute atomic E-state index is 12.4. The van der Waals surface area contributed by atoms with E-state index in [4.69, 9.17) is 0 Å². The lowest BCUT2D eigenvalue weighted by Gasteiger charge is -2.13. The molecule has 0 aliphatic rings. The van der Waals surface area contributed by atoms with E-state index in [0.717, 1.165) is 28.0 Å². The SMILES string of the molecule is C/C=C(/c1ccc(N=NC)c(C)c1)c1cnc(CCC(F)(F)F)nc1C. The molecule has 0 aliphatic heterocycles. The minimum Gasteiger partial charge on any atom is -0.241 e. The van der Waals surface area contributed by atoms with E-state index < -0.39 is 12.6 Å². The van der Waals surface area contributed by atoms with Crippen LogP contribution in [0, 0.1) is 13.8 Å². The first-order valence-corrected chi connectivity index (χ1v) is 8.22.